The Morgan fingerprint density at radius 3 is 0.636 bits per heavy atom. The molecule has 0 unspecified atom stereocenters. The van der Waals surface area contributed by atoms with Crippen molar-refractivity contribution in [2.75, 3.05) is 11.8 Å². The zero-order valence-corrected chi connectivity index (χ0v) is 34.4. The van der Waals surface area contributed by atoms with Crippen molar-refractivity contribution in [2.45, 2.75) is 0 Å². The predicted octanol–water partition coefficient (Wildman–Crippen LogP) is 10.1. The summed E-state index contributed by atoms with van der Waals surface area (Å²) in [6.07, 6.45) is 0. The van der Waals surface area contributed by atoms with Crippen LogP contribution in [0.15, 0.2) is 243 Å². The maximum absolute atomic E-state index is 4.94. The van der Waals surface area contributed by atoms with Gasteiger partial charge >= 0.3 is 0 Å². The van der Waals surface area contributed by atoms with Crippen LogP contribution in [0.2, 0.25) is 0 Å². The molecule has 8 aromatic carbocycles. The highest BCUT2D eigenvalue weighted by atomic mass is 31.2. The van der Waals surface area contributed by atoms with Crippen LogP contribution < -0.4 is 42.4 Å². The first-order valence-corrected chi connectivity index (χ1v) is 25.8. The Labute approximate surface area is 330 Å². The van der Waals surface area contributed by atoms with Gasteiger partial charge in [-0.3, -0.25) is 0 Å². The highest BCUT2D eigenvalue weighted by Crippen LogP contribution is 2.61. The van der Waals surface area contributed by atoms with Crippen LogP contribution in [0.1, 0.15) is 0 Å². The van der Waals surface area contributed by atoms with E-state index in [0.717, 1.165) is 11.8 Å². The molecule has 0 aliphatic carbocycles. The largest absolute Gasteiger partial charge is 0.114 e. The van der Waals surface area contributed by atoms with Crippen molar-refractivity contribution in [3.8, 4) is 0 Å². The van der Waals surface area contributed by atoms with Gasteiger partial charge in [-0.1, -0.05) is 243 Å². The second-order valence-corrected chi connectivity index (χ2v) is 25.7. The molecule has 0 nitrogen and oxygen atoms in total. The van der Waals surface area contributed by atoms with Gasteiger partial charge in [-0.05, 0) is 72.1 Å². The second kappa shape index (κ2) is 17.8. The molecule has 8 rings (SSSR count). The van der Waals surface area contributed by atoms with Crippen LogP contribution in [0.4, 0.5) is 0 Å². The summed E-state index contributed by atoms with van der Waals surface area (Å²) in [7, 11) is -1.55. The first kappa shape index (κ1) is 37.2. The Kier molecular flexibility index (Phi) is 12.0. The van der Waals surface area contributed by atoms with Crippen LogP contribution in [0.25, 0.3) is 0 Å². The van der Waals surface area contributed by atoms with Gasteiger partial charge < -0.3 is 0 Å². The Hall–Kier alpha value is -4.74. The first-order chi connectivity index (χ1) is 27.3. The molecule has 268 valence electrons. The number of hydrogen-bond donors (Lipinski definition) is 0. The van der Waals surface area contributed by atoms with Crippen molar-refractivity contribution in [3.63, 3.8) is 0 Å². The van der Waals surface area contributed by atoms with Gasteiger partial charge in [0.05, 0.1) is 0 Å². The summed E-state index contributed by atoms with van der Waals surface area (Å²) in [6, 6.07) is 90.9. The summed E-state index contributed by atoms with van der Waals surface area (Å²) in [6.45, 7) is -4.88. The van der Waals surface area contributed by atoms with E-state index >= 15 is 0 Å². The maximum Gasteiger partial charge on any atom is 0.0100 e. The van der Waals surface area contributed by atoms with Crippen LogP contribution >= 0.6 is 29.6 Å². The average molecular weight is 781 g/mol. The molecule has 0 spiro atoms. The molecule has 0 heterocycles. The minimum Gasteiger partial charge on any atom is -0.114 e. The third-order valence-electron chi connectivity index (χ3n) is 10.1. The average Bonchev–Trinajstić information content (AvgIpc) is 3.29. The Balaban J connectivity index is 1.59. The zero-order valence-electron chi connectivity index (χ0n) is 30.8. The predicted molar refractivity (Wildman–Crippen MR) is 251 cm³/mol. The summed E-state index contributed by atoms with van der Waals surface area (Å²) < 4.78 is 0. The van der Waals surface area contributed by atoms with E-state index in [2.05, 4.69) is 243 Å². The molecule has 0 N–H and O–H groups in total. The van der Waals surface area contributed by atoms with E-state index in [9.17, 15) is 0 Å². The van der Waals surface area contributed by atoms with Gasteiger partial charge in [0, 0.05) is 11.8 Å². The standard InChI is InChI=1S/C51H44P4/c1-9-25-44(26-10-1)52(45-27-11-2-12-28-45)41-54(48-33-17-5-18-34-48,49-35-19-6-20-36-49)43-55(50-37-21-7-22-38-50,51-39-23-8-24-40-51)42-53(46-29-13-3-14-30-46)47-31-15-4-16-32-47/h1-40H,41-42H2. The van der Waals surface area contributed by atoms with Gasteiger partial charge in [-0.2, -0.15) is 0 Å². The van der Waals surface area contributed by atoms with E-state index in [1.807, 2.05) is 0 Å². The lowest BCUT2D eigenvalue weighted by molar-refractivity contribution is 1.73. The van der Waals surface area contributed by atoms with Crippen LogP contribution in [0.3, 0.4) is 0 Å². The van der Waals surface area contributed by atoms with Crippen LogP contribution in [-0.4, -0.2) is 17.0 Å². The molecular formula is C51H44P4. The minimum atomic E-state index is -2.44. The molecule has 0 saturated carbocycles. The van der Waals surface area contributed by atoms with Crippen LogP contribution in [0, 0.1) is 0 Å². The maximum atomic E-state index is 4.94. The molecule has 0 aliphatic rings. The quantitative estimate of drug-likeness (QED) is 0.108. The second-order valence-electron chi connectivity index (χ2n) is 13.5. The van der Waals surface area contributed by atoms with Crippen LogP contribution in [-0.2, 0) is 0 Å². The fourth-order valence-electron chi connectivity index (χ4n) is 7.42. The molecule has 0 radical (unpaired) electrons. The lowest BCUT2D eigenvalue weighted by atomic mass is 10.4. The SMILES string of the molecule is C(=P(CP(c1ccccc1)c1ccccc1)(c1ccccc1)c1ccccc1)=P(CP(c1ccccc1)c1ccccc1)(c1ccccc1)c1ccccc1. The normalized spacial score (nSPS) is 11.7. The summed E-state index contributed by atoms with van der Waals surface area (Å²) in [5.74, 6) is 1.97. The van der Waals surface area contributed by atoms with Crippen molar-refractivity contribution in [1.82, 2.24) is 0 Å². The van der Waals surface area contributed by atoms with Gasteiger partial charge in [0.1, 0.15) is 0 Å². The minimum absolute atomic E-state index is 0.775. The summed E-state index contributed by atoms with van der Waals surface area (Å²) >= 11 is 0. The monoisotopic (exact) mass is 780 g/mol. The van der Waals surface area contributed by atoms with Gasteiger partial charge in [0.2, 0.25) is 0 Å². The van der Waals surface area contributed by atoms with Gasteiger partial charge in [0.25, 0.3) is 0 Å². The summed E-state index contributed by atoms with van der Waals surface area (Å²) in [5.41, 5.74) is 0. The molecule has 0 saturated heterocycles. The summed E-state index contributed by atoms with van der Waals surface area (Å²) in [5, 5.41) is 16.1. The van der Waals surface area contributed by atoms with Crippen molar-refractivity contribution < 1.29 is 0 Å². The molecule has 0 amide bonds. The number of rotatable bonds is 12. The first-order valence-electron chi connectivity index (χ1n) is 18.8. The van der Waals surface area contributed by atoms with Crippen LogP contribution in [0.5, 0.6) is 0 Å². The molecule has 4 heteroatoms. The van der Waals surface area contributed by atoms with Crippen molar-refractivity contribution in [1.29, 1.82) is 0 Å². The lowest BCUT2D eigenvalue weighted by Gasteiger charge is -2.35. The van der Waals surface area contributed by atoms with E-state index < -0.39 is 29.6 Å². The Morgan fingerprint density at radius 2 is 0.436 bits per heavy atom. The molecule has 55 heavy (non-hydrogen) atoms. The van der Waals surface area contributed by atoms with E-state index in [-0.39, 0.29) is 0 Å². The van der Waals surface area contributed by atoms with E-state index in [1.165, 1.54) is 42.4 Å². The number of benzene rings is 8. The van der Waals surface area contributed by atoms with Gasteiger partial charge in [0.15, 0.2) is 0 Å². The van der Waals surface area contributed by atoms with Gasteiger partial charge in [-0.15, -0.1) is 5.17 Å². The van der Waals surface area contributed by atoms with Crippen molar-refractivity contribution >= 4 is 77.2 Å². The number of hydrogen-bond acceptors (Lipinski definition) is 0. The van der Waals surface area contributed by atoms with Gasteiger partial charge in [-0.25, -0.2) is 0 Å². The van der Waals surface area contributed by atoms with E-state index in [1.54, 1.807) is 0 Å². The Bertz CT molecular complexity index is 2160. The summed E-state index contributed by atoms with van der Waals surface area (Å²) in [4.78, 5) is 0. The Morgan fingerprint density at radius 1 is 0.255 bits per heavy atom. The third kappa shape index (κ3) is 8.28. The molecule has 0 fully saturated rings. The third-order valence-corrected chi connectivity index (χ3v) is 26.9. The highest BCUT2D eigenvalue weighted by Gasteiger charge is 2.34. The molecule has 0 bridgehead atoms. The lowest BCUT2D eigenvalue weighted by Crippen LogP contribution is -2.27. The van der Waals surface area contributed by atoms with E-state index in [4.69, 9.17) is 5.17 Å². The smallest absolute Gasteiger partial charge is 0.0100 e. The molecular weight excluding hydrogens is 736 g/mol. The zero-order chi connectivity index (χ0) is 37.2. The highest BCUT2D eigenvalue weighted by molar-refractivity contribution is 8.07. The molecule has 8 aromatic rings. The fourth-order valence-corrected chi connectivity index (χ4v) is 27.9. The molecule has 0 aromatic heterocycles. The topological polar surface area (TPSA) is 0 Å². The van der Waals surface area contributed by atoms with Crippen molar-refractivity contribution in [3.05, 3.63) is 243 Å². The molecule has 0 aliphatic heterocycles. The fraction of sp³-hybridized carbons (Fsp3) is 0.0392. The van der Waals surface area contributed by atoms with E-state index in [0.29, 0.717) is 0 Å². The molecule has 0 atom stereocenters. The van der Waals surface area contributed by atoms with Crippen molar-refractivity contribution in [2.24, 2.45) is 0 Å².